The number of benzene rings is 2. The number of methoxy groups -OCH3 is 1. The van der Waals surface area contributed by atoms with Gasteiger partial charge in [-0.15, -0.1) is 0 Å². The van der Waals surface area contributed by atoms with E-state index in [4.69, 9.17) is 9.73 Å². The number of ether oxygens (including phenoxy) is 1. The highest BCUT2D eigenvalue weighted by Gasteiger charge is 2.56. The molecule has 0 amide bonds. The summed E-state index contributed by atoms with van der Waals surface area (Å²) in [6.45, 7) is 8.61. The number of fused-ring (bicyclic) bond motifs is 3. The van der Waals surface area contributed by atoms with E-state index in [1.807, 2.05) is 12.1 Å². The van der Waals surface area contributed by atoms with Gasteiger partial charge in [-0.25, -0.2) is 14.4 Å². The number of halogens is 1. The number of aliphatic imine (C=N–C) groups is 1. The van der Waals surface area contributed by atoms with E-state index in [0.717, 1.165) is 18.1 Å². The van der Waals surface area contributed by atoms with Crippen LogP contribution in [0.1, 0.15) is 52.0 Å². The SMILES string of the molecule is COc1ccc(CCn2cnc3cc(NC(=NC4C[C@@H]5C[C@H]([C@@H]4C)C5(C)C)N4CCC(C(=O)O)CC4)ccc3c2=O)c(F)c1. The zero-order valence-corrected chi connectivity index (χ0v) is 25.9. The van der Waals surface area contributed by atoms with Crippen molar-refractivity contribution >= 4 is 28.5 Å². The molecule has 7 rings (SSSR count). The Morgan fingerprint density at radius 2 is 1.95 bits per heavy atom. The third-order valence-corrected chi connectivity index (χ3v) is 10.7. The van der Waals surface area contributed by atoms with Crippen LogP contribution in [-0.4, -0.2) is 57.7 Å². The molecule has 10 heteroatoms. The lowest BCUT2D eigenvalue weighted by Crippen LogP contribution is -2.56. The molecule has 1 unspecified atom stereocenters. The second-order valence-electron chi connectivity index (χ2n) is 13.4. The number of aromatic nitrogens is 2. The number of carbonyl (C=O) groups is 1. The number of guanidine groups is 1. The Hall–Kier alpha value is -3.95. The molecule has 1 saturated heterocycles. The highest BCUT2D eigenvalue weighted by Crippen LogP contribution is 2.61. The first-order valence-corrected chi connectivity index (χ1v) is 15.7. The highest BCUT2D eigenvalue weighted by molar-refractivity contribution is 5.96. The Kier molecular flexibility index (Phi) is 8.11. The van der Waals surface area contributed by atoms with E-state index in [9.17, 15) is 19.1 Å². The van der Waals surface area contributed by atoms with Crippen LogP contribution in [-0.2, 0) is 17.8 Å². The van der Waals surface area contributed by atoms with Crippen LogP contribution in [0.5, 0.6) is 5.75 Å². The van der Waals surface area contributed by atoms with Crippen LogP contribution in [0.2, 0.25) is 0 Å². The molecule has 1 aromatic heterocycles. The highest BCUT2D eigenvalue weighted by atomic mass is 19.1. The fourth-order valence-corrected chi connectivity index (χ4v) is 7.60. The van der Waals surface area contributed by atoms with Gasteiger partial charge in [-0.05, 0) is 85.1 Å². The summed E-state index contributed by atoms with van der Waals surface area (Å²) in [5, 5.41) is 13.5. The molecule has 3 aliphatic carbocycles. The minimum Gasteiger partial charge on any atom is -0.497 e. The van der Waals surface area contributed by atoms with Gasteiger partial charge in [0.15, 0.2) is 5.96 Å². The van der Waals surface area contributed by atoms with E-state index in [1.54, 1.807) is 18.2 Å². The van der Waals surface area contributed by atoms with Crippen molar-refractivity contribution in [1.82, 2.24) is 14.5 Å². The summed E-state index contributed by atoms with van der Waals surface area (Å²) in [6.07, 6.45) is 5.34. The lowest BCUT2D eigenvalue weighted by molar-refractivity contribution is -0.143. The van der Waals surface area contributed by atoms with E-state index in [1.165, 1.54) is 30.5 Å². The first-order valence-electron chi connectivity index (χ1n) is 15.7. The summed E-state index contributed by atoms with van der Waals surface area (Å²) >= 11 is 0. The number of hydrogen-bond acceptors (Lipinski definition) is 5. The molecule has 2 heterocycles. The van der Waals surface area contributed by atoms with Crippen molar-refractivity contribution in [2.75, 3.05) is 25.5 Å². The van der Waals surface area contributed by atoms with E-state index in [2.05, 4.69) is 36.0 Å². The molecule has 4 fully saturated rings. The molecule has 44 heavy (non-hydrogen) atoms. The van der Waals surface area contributed by atoms with E-state index >= 15 is 0 Å². The van der Waals surface area contributed by atoms with Crippen molar-refractivity contribution in [2.24, 2.45) is 34.1 Å². The molecular weight excluding hydrogens is 561 g/mol. The number of carboxylic acids is 1. The lowest BCUT2D eigenvalue weighted by atomic mass is 9.45. The van der Waals surface area contributed by atoms with E-state index < -0.39 is 5.97 Å². The number of likely N-dealkylation sites (tertiary alicyclic amines) is 1. The Morgan fingerprint density at radius 1 is 1.18 bits per heavy atom. The number of aliphatic carboxylic acids is 1. The van der Waals surface area contributed by atoms with Crippen LogP contribution >= 0.6 is 0 Å². The van der Waals surface area contributed by atoms with E-state index in [-0.39, 0.29) is 23.3 Å². The minimum absolute atomic E-state index is 0.182. The second-order valence-corrected chi connectivity index (χ2v) is 13.4. The smallest absolute Gasteiger partial charge is 0.306 e. The first-order chi connectivity index (χ1) is 21.0. The number of nitrogens with one attached hydrogen (secondary N) is 1. The number of nitrogens with zero attached hydrogens (tertiary/aromatic N) is 4. The molecule has 2 N–H and O–H groups in total. The van der Waals surface area contributed by atoms with Crippen LogP contribution in [0.15, 0.2) is 52.5 Å². The minimum atomic E-state index is -0.736. The van der Waals surface area contributed by atoms with Crippen molar-refractivity contribution in [3.8, 4) is 5.75 Å². The largest absolute Gasteiger partial charge is 0.497 e. The van der Waals surface area contributed by atoms with Gasteiger partial charge in [0.25, 0.3) is 5.56 Å². The molecule has 2 aromatic carbocycles. The second kappa shape index (κ2) is 11.9. The number of hydrogen-bond donors (Lipinski definition) is 2. The zero-order chi connectivity index (χ0) is 31.2. The number of aryl methyl sites for hydroxylation is 2. The van der Waals surface area contributed by atoms with Gasteiger partial charge in [0.05, 0.1) is 36.3 Å². The molecule has 1 aliphatic heterocycles. The number of anilines is 1. The van der Waals surface area contributed by atoms with Crippen LogP contribution in [0.25, 0.3) is 10.9 Å². The van der Waals surface area contributed by atoms with Crippen molar-refractivity contribution in [1.29, 1.82) is 0 Å². The number of rotatable bonds is 7. The van der Waals surface area contributed by atoms with Crippen LogP contribution in [0.4, 0.5) is 10.1 Å². The maximum absolute atomic E-state index is 14.4. The van der Waals surface area contributed by atoms with Crippen molar-refractivity contribution in [3.63, 3.8) is 0 Å². The lowest BCUT2D eigenvalue weighted by Gasteiger charge is -2.61. The van der Waals surface area contributed by atoms with E-state index in [0.29, 0.717) is 84.3 Å². The molecule has 4 atom stereocenters. The van der Waals surface area contributed by atoms with Gasteiger partial charge in [-0.2, -0.15) is 0 Å². The van der Waals surface area contributed by atoms with Gasteiger partial charge < -0.3 is 20.1 Å². The third kappa shape index (κ3) is 5.66. The zero-order valence-electron chi connectivity index (χ0n) is 25.9. The van der Waals surface area contributed by atoms with Gasteiger partial charge in [-0.1, -0.05) is 26.8 Å². The fraction of sp³-hybridized carbons (Fsp3) is 0.529. The Morgan fingerprint density at radius 3 is 2.61 bits per heavy atom. The predicted octanol–water partition coefficient (Wildman–Crippen LogP) is 5.42. The average molecular weight is 604 g/mol. The third-order valence-electron chi connectivity index (χ3n) is 10.7. The topological polar surface area (TPSA) is 109 Å². The van der Waals surface area contributed by atoms with Crippen LogP contribution in [0, 0.1) is 34.9 Å². The molecule has 0 radical (unpaired) electrons. The molecule has 234 valence electrons. The number of carboxylic acid groups (broad SMARTS) is 1. The summed E-state index contributed by atoms with van der Waals surface area (Å²) < 4.78 is 21.0. The average Bonchev–Trinajstić information content (AvgIpc) is 3.01. The quantitative estimate of drug-likeness (QED) is 0.274. The van der Waals surface area contributed by atoms with Crippen LogP contribution in [0.3, 0.4) is 0 Å². The van der Waals surface area contributed by atoms with Crippen molar-refractivity contribution in [2.45, 2.75) is 65.5 Å². The van der Waals surface area contributed by atoms with Gasteiger partial charge in [0.1, 0.15) is 11.6 Å². The number of piperidine rings is 1. The van der Waals surface area contributed by atoms with Gasteiger partial charge in [0.2, 0.25) is 0 Å². The molecular formula is C34H42FN5O4. The maximum Gasteiger partial charge on any atom is 0.306 e. The van der Waals surface area contributed by atoms with Crippen molar-refractivity contribution < 1.29 is 19.0 Å². The summed E-state index contributed by atoms with van der Waals surface area (Å²) in [5.41, 5.74) is 2.02. The van der Waals surface area contributed by atoms with Crippen molar-refractivity contribution in [3.05, 3.63) is 64.5 Å². The fourth-order valence-electron chi connectivity index (χ4n) is 7.60. The maximum atomic E-state index is 14.4. The summed E-state index contributed by atoms with van der Waals surface area (Å²) in [7, 11) is 1.49. The molecule has 2 bridgehead atoms. The summed E-state index contributed by atoms with van der Waals surface area (Å²) in [6, 6.07) is 10.4. The normalized spacial score (nSPS) is 25.0. The van der Waals surface area contributed by atoms with Gasteiger partial charge in [0, 0.05) is 31.4 Å². The van der Waals surface area contributed by atoms with Gasteiger partial charge >= 0.3 is 5.97 Å². The standard InChI is InChI=1S/C34H42FN5O4/c1-20-27-15-23(34(27,2)3)16-29(20)38-33(39-12-10-22(11-13-39)32(42)43)37-24-6-8-26-30(17-24)36-19-40(31(26)41)14-9-21-5-7-25(44-4)18-28(21)35/h5-8,17-20,22-23,27,29H,9-16H2,1-4H3,(H,37,38)(H,42,43)/t20-,23-,27+,29?/m0/s1. The predicted molar refractivity (Wildman–Crippen MR) is 169 cm³/mol. The van der Waals surface area contributed by atoms with Crippen LogP contribution < -0.4 is 15.6 Å². The molecule has 3 saturated carbocycles. The molecule has 0 spiro atoms. The Bertz CT molecular complexity index is 1640. The molecule has 9 nitrogen and oxygen atoms in total. The summed E-state index contributed by atoms with van der Waals surface area (Å²) in [4.78, 5) is 36.9. The molecule has 4 aliphatic rings. The molecule has 3 aromatic rings. The monoisotopic (exact) mass is 603 g/mol. The Labute approximate surface area is 257 Å². The Balaban J connectivity index is 1.22. The summed E-state index contributed by atoms with van der Waals surface area (Å²) in [5.74, 6) is 1.57. The van der Waals surface area contributed by atoms with Gasteiger partial charge in [-0.3, -0.25) is 14.2 Å². The first kappa shape index (κ1) is 30.1.